The number of halogens is 2. The van der Waals surface area contributed by atoms with E-state index >= 15 is 0 Å². The van der Waals surface area contributed by atoms with Crippen LogP contribution in [-0.4, -0.2) is 28.6 Å². The molecule has 1 amide bonds. The minimum atomic E-state index is -1.26. The zero-order valence-electron chi connectivity index (χ0n) is 11.0. The summed E-state index contributed by atoms with van der Waals surface area (Å²) in [5.41, 5.74) is -1.58. The fourth-order valence-electron chi connectivity index (χ4n) is 2.42. The van der Waals surface area contributed by atoms with Crippen molar-refractivity contribution in [3.63, 3.8) is 0 Å². The Balaban J connectivity index is 2.05. The number of nitro groups is 1. The van der Waals surface area contributed by atoms with Crippen molar-refractivity contribution in [3.8, 4) is 0 Å². The highest BCUT2D eigenvalue weighted by Crippen LogP contribution is 2.25. The normalized spacial score (nSPS) is 21.3. The lowest BCUT2D eigenvalue weighted by atomic mass is 10.1. The first-order chi connectivity index (χ1) is 9.88. The molecule has 1 aliphatic rings. The smallest absolute Gasteiger partial charge is 0.307 e. The average molecular weight is 300 g/mol. The topological polar surface area (TPSA) is 92.5 Å². The third-order valence-electron chi connectivity index (χ3n) is 3.54. The summed E-state index contributed by atoms with van der Waals surface area (Å²) in [7, 11) is 0. The molecule has 1 aromatic rings. The highest BCUT2D eigenvalue weighted by Gasteiger charge is 2.25. The number of rotatable bonds is 4. The molecule has 1 fully saturated rings. The second-order valence-electron chi connectivity index (χ2n) is 5.08. The molecule has 1 aromatic carbocycles. The molecule has 2 atom stereocenters. The van der Waals surface area contributed by atoms with Gasteiger partial charge in [0.1, 0.15) is 5.82 Å². The first kappa shape index (κ1) is 15.3. The number of amides is 1. The molecule has 6 nitrogen and oxygen atoms in total. The molecule has 1 saturated carbocycles. The van der Waals surface area contributed by atoms with Crippen LogP contribution in [0.4, 0.5) is 14.5 Å². The van der Waals surface area contributed by atoms with Crippen LogP contribution in [0.25, 0.3) is 0 Å². The average Bonchev–Trinajstić information content (AvgIpc) is 2.83. The van der Waals surface area contributed by atoms with Gasteiger partial charge in [0.25, 0.3) is 5.91 Å². The Labute approximate surface area is 118 Å². The summed E-state index contributed by atoms with van der Waals surface area (Å²) in [6.45, 7) is 0.244. The Kier molecular flexibility index (Phi) is 4.46. The van der Waals surface area contributed by atoms with Gasteiger partial charge < -0.3 is 10.4 Å². The van der Waals surface area contributed by atoms with E-state index in [0.717, 1.165) is 6.42 Å². The van der Waals surface area contributed by atoms with Gasteiger partial charge in [0, 0.05) is 6.54 Å². The largest absolute Gasteiger partial charge is 0.393 e. The Morgan fingerprint density at radius 1 is 1.38 bits per heavy atom. The second-order valence-corrected chi connectivity index (χ2v) is 5.08. The molecule has 0 aliphatic heterocycles. The molecule has 0 bridgehead atoms. The van der Waals surface area contributed by atoms with E-state index in [9.17, 15) is 28.8 Å². The number of hydrogen-bond donors (Lipinski definition) is 2. The predicted molar refractivity (Wildman–Crippen MR) is 68.7 cm³/mol. The molecule has 2 N–H and O–H groups in total. The highest BCUT2D eigenvalue weighted by atomic mass is 19.1. The van der Waals surface area contributed by atoms with Crippen molar-refractivity contribution < 1.29 is 23.6 Å². The molecule has 0 spiro atoms. The van der Waals surface area contributed by atoms with Crippen LogP contribution in [-0.2, 0) is 0 Å². The molecule has 0 aromatic heterocycles. The van der Waals surface area contributed by atoms with Gasteiger partial charge in [0.15, 0.2) is 0 Å². The third-order valence-corrected chi connectivity index (χ3v) is 3.54. The summed E-state index contributed by atoms with van der Waals surface area (Å²) in [5.74, 6) is -3.15. The predicted octanol–water partition coefficient (Wildman–Crippen LogP) is 1.76. The molecule has 0 saturated heterocycles. The van der Waals surface area contributed by atoms with E-state index in [4.69, 9.17) is 0 Å². The Bertz CT molecular complexity index is 580. The molecular formula is C13H14F2N2O4. The van der Waals surface area contributed by atoms with E-state index in [1.807, 2.05) is 0 Å². The number of nitrogens with zero attached hydrogens (tertiary/aromatic N) is 1. The molecule has 1 aliphatic carbocycles. The van der Waals surface area contributed by atoms with Gasteiger partial charge in [-0.1, -0.05) is 0 Å². The molecule has 2 rings (SSSR count). The van der Waals surface area contributed by atoms with Gasteiger partial charge in [-0.15, -0.1) is 0 Å². The van der Waals surface area contributed by atoms with E-state index in [1.165, 1.54) is 0 Å². The standard InChI is InChI=1S/C13H14F2N2O4/c14-10-5-12(17(20)21)11(15)4-9(10)13(19)16-6-7-1-2-8(18)3-7/h4-5,7-8,18H,1-3,6H2,(H,16,19). The number of aliphatic hydroxyl groups excluding tert-OH is 1. The minimum absolute atomic E-state index is 0.0925. The molecule has 2 unspecified atom stereocenters. The fraction of sp³-hybridized carbons (Fsp3) is 0.462. The van der Waals surface area contributed by atoms with E-state index in [2.05, 4.69) is 5.32 Å². The van der Waals surface area contributed by atoms with Crippen molar-refractivity contribution in [1.29, 1.82) is 0 Å². The number of nitro benzene ring substituents is 1. The molecule has 114 valence electrons. The minimum Gasteiger partial charge on any atom is -0.393 e. The summed E-state index contributed by atoms with van der Waals surface area (Å²) in [6, 6.07) is 0.913. The highest BCUT2D eigenvalue weighted by molar-refractivity contribution is 5.94. The van der Waals surface area contributed by atoms with Gasteiger partial charge in [0.2, 0.25) is 5.82 Å². The van der Waals surface area contributed by atoms with Crippen molar-refractivity contribution >= 4 is 11.6 Å². The van der Waals surface area contributed by atoms with E-state index in [0.29, 0.717) is 25.0 Å². The van der Waals surface area contributed by atoms with Crippen LogP contribution in [0.2, 0.25) is 0 Å². The number of carbonyl (C=O) groups is 1. The van der Waals surface area contributed by atoms with Gasteiger partial charge in [-0.2, -0.15) is 4.39 Å². The summed E-state index contributed by atoms with van der Waals surface area (Å²) >= 11 is 0. The third kappa shape index (κ3) is 3.52. The van der Waals surface area contributed by atoms with E-state index in [1.54, 1.807) is 0 Å². The van der Waals surface area contributed by atoms with Crippen LogP contribution in [0.15, 0.2) is 12.1 Å². The maximum absolute atomic E-state index is 13.6. The Morgan fingerprint density at radius 2 is 2.10 bits per heavy atom. The quantitative estimate of drug-likeness (QED) is 0.654. The maximum Gasteiger partial charge on any atom is 0.307 e. The summed E-state index contributed by atoms with van der Waals surface area (Å²) in [4.78, 5) is 21.2. The molecule has 0 heterocycles. The summed E-state index contributed by atoms with van der Waals surface area (Å²) < 4.78 is 27.0. The van der Waals surface area contributed by atoms with E-state index < -0.39 is 33.7 Å². The zero-order chi connectivity index (χ0) is 15.6. The SMILES string of the molecule is O=C(NCC1CCC(O)C1)c1cc(F)c([N+](=O)[O-])cc1F. The van der Waals surface area contributed by atoms with Crippen molar-refractivity contribution in [2.75, 3.05) is 6.54 Å². The number of carbonyl (C=O) groups excluding carboxylic acids is 1. The fourth-order valence-corrected chi connectivity index (χ4v) is 2.42. The van der Waals surface area contributed by atoms with Crippen LogP contribution >= 0.6 is 0 Å². The van der Waals surface area contributed by atoms with Gasteiger partial charge in [0.05, 0.1) is 22.7 Å². The van der Waals surface area contributed by atoms with Crippen LogP contribution in [0.3, 0.4) is 0 Å². The molecular weight excluding hydrogens is 286 g/mol. The van der Waals surface area contributed by atoms with Crippen molar-refractivity contribution in [3.05, 3.63) is 39.4 Å². The number of nitrogens with one attached hydrogen (secondary N) is 1. The monoisotopic (exact) mass is 300 g/mol. The molecule has 21 heavy (non-hydrogen) atoms. The van der Waals surface area contributed by atoms with Crippen LogP contribution in [0.5, 0.6) is 0 Å². The van der Waals surface area contributed by atoms with Gasteiger partial charge >= 0.3 is 5.69 Å². The number of benzene rings is 1. The number of hydrogen-bond acceptors (Lipinski definition) is 4. The van der Waals surface area contributed by atoms with Gasteiger partial charge in [-0.05, 0) is 31.2 Å². The van der Waals surface area contributed by atoms with Crippen LogP contribution in [0.1, 0.15) is 29.6 Å². The lowest BCUT2D eigenvalue weighted by molar-refractivity contribution is -0.387. The van der Waals surface area contributed by atoms with Crippen LogP contribution in [0, 0.1) is 27.7 Å². The van der Waals surface area contributed by atoms with Crippen LogP contribution < -0.4 is 5.32 Å². The van der Waals surface area contributed by atoms with Crippen molar-refractivity contribution in [1.82, 2.24) is 5.32 Å². The lowest BCUT2D eigenvalue weighted by Gasteiger charge is -2.11. The van der Waals surface area contributed by atoms with Crippen molar-refractivity contribution in [2.24, 2.45) is 5.92 Å². The summed E-state index contributed by atoms with van der Waals surface area (Å²) in [6.07, 6.45) is 1.57. The lowest BCUT2D eigenvalue weighted by Crippen LogP contribution is -2.29. The van der Waals surface area contributed by atoms with Gasteiger partial charge in [-0.25, -0.2) is 4.39 Å². The first-order valence-electron chi connectivity index (χ1n) is 6.48. The van der Waals surface area contributed by atoms with Crippen molar-refractivity contribution in [2.45, 2.75) is 25.4 Å². The summed E-state index contributed by atoms with van der Waals surface area (Å²) in [5, 5.41) is 22.3. The maximum atomic E-state index is 13.6. The van der Waals surface area contributed by atoms with Gasteiger partial charge in [-0.3, -0.25) is 14.9 Å². The molecule has 8 heteroatoms. The zero-order valence-corrected chi connectivity index (χ0v) is 11.0. The number of aliphatic hydroxyl groups is 1. The Morgan fingerprint density at radius 3 is 2.67 bits per heavy atom. The first-order valence-corrected chi connectivity index (χ1v) is 6.48. The Hall–Kier alpha value is -2.09. The second kappa shape index (κ2) is 6.13. The molecule has 0 radical (unpaired) electrons. The van der Waals surface area contributed by atoms with E-state index in [-0.39, 0.29) is 18.6 Å².